The molecule has 0 radical (unpaired) electrons. The Bertz CT molecular complexity index is 716. The number of carbonyl (C=O) groups is 1. The summed E-state index contributed by atoms with van der Waals surface area (Å²) in [4.78, 5) is 21.9. The summed E-state index contributed by atoms with van der Waals surface area (Å²) >= 11 is 2.18. The van der Waals surface area contributed by atoms with Crippen LogP contribution in [0.4, 0.5) is 5.69 Å². The van der Waals surface area contributed by atoms with Crippen molar-refractivity contribution < 1.29 is 9.72 Å². The second kappa shape index (κ2) is 6.93. The molecule has 0 fully saturated rings. The van der Waals surface area contributed by atoms with Gasteiger partial charge in [-0.2, -0.15) is 5.10 Å². The molecule has 2 rings (SSSR count). The van der Waals surface area contributed by atoms with E-state index < -0.39 is 10.8 Å². The molecule has 0 heterocycles. The van der Waals surface area contributed by atoms with Crippen LogP contribution < -0.4 is 5.43 Å². The van der Waals surface area contributed by atoms with E-state index in [2.05, 4.69) is 33.1 Å². The first kappa shape index (κ1) is 15.1. The van der Waals surface area contributed by atoms with Gasteiger partial charge in [0.15, 0.2) is 0 Å². The third-order valence-electron chi connectivity index (χ3n) is 2.55. The minimum Gasteiger partial charge on any atom is -0.267 e. The molecular weight excluding hydrogens is 385 g/mol. The van der Waals surface area contributed by atoms with Gasteiger partial charge in [-0.25, -0.2) is 5.43 Å². The molecule has 2 aromatic carbocycles. The minimum atomic E-state index is -0.550. The van der Waals surface area contributed by atoms with E-state index in [0.29, 0.717) is 0 Å². The lowest BCUT2D eigenvalue weighted by atomic mass is 10.2. The Kier molecular flexibility index (Phi) is 4.99. The van der Waals surface area contributed by atoms with Crippen LogP contribution in [-0.2, 0) is 0 Å². The maximum atomic E-state index is 11.8. The van der Waals surface area contributed by atoms with Gasteiger partial charge in [0.25, 0.3) is 11.6 Å². The van der Waals surface area contributed by atoms with Gasteiger partial charge in [0.2, 0.25) is 0 Å². The quantitative estimate of drug-likeness (QED) is 0.374. The van der Waals surface area contributed by atoms with E-state index in [-0.39, 0.29) is 11.3 Å². The van der Waals surface area contributed by atoms with Gasteiger partial charge in [-0.1, -0.05) is 18.2 Å². The average molecular weight is 395 g/mol. The molecular formula is C14H10IN3O3. The van der Waals surface area contributed by atoms with Gasteiger partial charge in [0.05, 0.1) is 11.1 Å². The molecule has 0 saturated carbocycles. The second-order valence-corrected chi connectivity index (χ2v) is 5.31. The van der Waals surface area contributed by atoms with Crippen molar-refractivity contribution in [1.82, 2.24) is 5.43 Å². The van der Waals surface area contributed by atoms with Crippen molar-refractivity contribution in [2.45, 2.75) is 0 Å². The van der Waals surface area contributed by atoms with Gasteiger partial charge < -0.3 is 0 Å². The molecule has 21 heavy (non-hydrogen) atoms. The van der Waals surface area contributed by atoms with E-state index in [1.54, 1.807) is 0 Å². The summed E-state index contributed by atoms with van der Waals surface area (Å²) in [6.07, 6.45) is 1.51. The Morgan fingerprint density at radius 1 is 1.24 bits per heavy atom. The molecule has 0 aliphatic rings. The van der Waals surface area contributed by atoms with Crippen LogP contribution >= 0.6 is 22.6 Å². The average Bonchev–Trinajstić information content (AvgIpc) is 2.47. The third kappa shape index (κ3) is 4.35. The molecule has 0 unspecified atom stereocenters. The van der Waals surface area contributed by atoms with Crippen LogP contribution in [0, 0.1) is 13.7 Å². The molecule has 0 aromatic heterocycles. The molecule has 106 valence electrons. The van der Waals surface area contributed by atoms with Crippen molar-refractivity contribution in [2.75, 3.05) is 0 Å². The summed E-state index contributed by atoms with van der Waals surface area (Å²) in [6, 6.07) is 13.1. The Morgan fingerprint density at radius 2 is 2.00 bits per heavy atom. The summed E-state index contributed by atoms with van der Waals surface area (Å²) in [5.41, 5.74) is 3.24. The van der Waals surface area contributed by atoms with Crippen molar-refractivity contribution in [3.8, 4) is 0 Å². The van der Waals surface area contributed by atoms with E-state index in [1.807, 2.05) is 24.3 Å². The Labute approximate surface area is 134 Å². The number of nitrogens with zero attached hydrogens (tertiary/aromatic N) is 2. The predicted molar refractivity (Wildman–Crippen MR) is 87.3 cm³/mol. The lowest BCUT2D eigenvalue weighted by Crippen LogP contribution is -2.17. The van der Waals surface area contributed by atoms with Crippen LogP contribution in [0.3, 0.4) is 0 Å². The number of non-ortho nitro benzene ring substituents is 1. The summed E-state index contributed by atoms with van der Waals surface area (Å²) in [7, 11) is 0. The second-order valence-electron chi connectivity index (χ2n) is 4.06. The molecule has 0 saturated heterocycles. The number of nitro benzene ring substituents is 1. The van der Waals surface area contributed by atoms with E-state index in [1.165, 1.54) is 30.5 Å². The predicted octanol–water partition coefficient (Wildman–Crippen LogP) is 2.96. The molecule has 1 amide bonds. The Morgan fingerprint density at radius 3 is 2.71 bits per heavy atom. The number of carbonyl (C=O) groups excluding carboxylic acids is 1. The number of hydrogen-bond acceptors (Lipinski definition) is 4. The number of rotatable bonds is 4. The lowest BCUT2D eigenvalue weighted by molar-refractivity contribution is -0.384. The molecule has 0 aliphatic heterocycles. The molecule has 6 nitrogen and oxygen atoms in total. The minimum absolute atomic E-state index is 0.135. The summed E-state index contributed by atoms with van der Waals surface area (Å²) in [5, 5.41) is 14.5. The van der Waals surface area contributed by atoms with Crippen molar-refractivity contribution in [1.29, 1.82) is 0 Å². The van der Waals surface area contributed by atoms with Crippen LogP contribution in [0.5, 0.6) is 0 Å². The maximum absolute atomic E-state index is 11.8. The number of benzene rings is 2. The molecule has 0 aliphatic carbocycles. The third-order valence-corrected chi connectivity index (χ3v) is 3.22. The first-order valence-electron chi connectivity index (χ1n) is 5.90. The molecule has 0 atom stereocenters. The highest BCUT2D eigenvalue weighted by Crippen LogP contribution is 2.12. The topological polar surface area (TPSA) is 84.6 Å². The molecule has 1 N–H and O–H groups in total. The van der Waals surface area contributed by atoms with E-state index in [4.69, 9.17) is 0 Å². The van der Waals surface area contributed by atoms with Crippen molar-refractivity contribution in [3.05, 3.63) is 73.3 Å². The zero-order chi connectivity index (χ0) is 15.2. The lowest BCUT2D eigenvalue weighted by Gasteiger charge is -2.00. The van der Waals surface area contributed by atoms with Crippen LogP contribution in [-0.4, -0.2) is 17.0 Å². The first-order valence-corrected chi connectivity index (χ1v) is 6.97. The monoisotopic (exact) mass is 395 g/mol. The SMILES string of the molecule is O=C(NN=Cc1cccc(I)c1)c1cccc([N+](=O)[O-])c1. The van der Waals surface area contributed by atoms with Crippen LogP contribution in [0.1, 0.15) is 15.9 Å². The van der Waals surface area contributed by atoms with Gasteiger partial charge >= 0.3 is 0 Å². The fourth-order valence-electron chi connectivity index (χ4n) is 1.58. The molecule has 2 aromatic rings. The molecule has 7 heteroatoms. The smallest absolute Gasteiger partial charge is 0.267 e. The summed E-state index contributed by atoms with van der Waals surface area (Å²) in [5.74, 6) is -0.499. The zero-order valence-corrected chi connectivity index (χ0v) is 12.9. The molecule has 0 bridgehead atoms. The largest absolute Gasteiger partial charge is 0.271 e. The number of halogens is 1. The fourth-order valence-corrected chi connectivity index (χ4v) is 2.14. The maximum Gasteiger partial charge on any atom is 0.271 e. The standard InChI is InChI=1S/C14H10IN3O3/c15-12-5-1-3-10(7-12)9-16-17-14(19)11-4-2-6-13(8-11)18(20)21/h1-9H,(H,17,19). The highest BCUT2D eigenvalue weighted by atomic mass is 127. The number of nitrogens with one attached hydrogen (secondary N) is 1. The number of amides is 1. The normalized spacial score (nSPS) is 10.5. The number of hydrazone groups is 1. The van der Waals surface area contributed by atoms with E-state index in [9.17, 15) is 14.9 Å². The summed E-state index contributed by atoms with van der Waals surface area (Å²) < 4.78 is 1.06. The number of hydrogen-bond donors (Lipinski definition) is 1. The van der Waals surface area contributed by atoms with Crippen molar-refractivity contribution >= 4 is 40.4 Å². The van der Waals surface area contributed by atoms with E-state index >= 15 is 0 Å². The molecule has 0 spiro atoms. The van der Waals surface area contributed by atoms with Crippen LogP contribution in [0.15, 0.2) is 53.6 Å². The highest BCUT2D eigenvalue weighted by Gasteiger charge is 2.10. The van der Waals surface area contributed by atoms with Gasteiger partial charge in [0.1, 0.15) is 0 Å². The zero-order valence-electron chi connectivity index (χ0n) is 10.7. The van der Waals surface area contributed by atoms with Crippen molar-refractivity contribution in [2.24, 2.45) is 5.10 Å². The van der Waals surface area contributed by atoms with Gasteiger partial charge in [0, 0.05) is 21.3 Å². The Balaban J connectivity index is 2.05. The van der Waals surface area contributed by atoms with Crippen molar-refractivity contribution in [3.63, 3.8) is 0 Å². The van der Waals surface area contributed by atoms with Crippen LogP contribution in [0.25, 0.3) is 0 Å². The highest BCUT2D eigenvalue weighted by molar-refractivity contribution is 14.1. The van der Waals surface area contributed by atoms with E-state index in [0.717, 1.165) is 9.13 Å². The summed E-state index contributed by atoms with van der Waals surface area (Å²) in [6.45, 7) is 0. The first-order chi connectivity index (χ1) is 10.1. The van der Waals surface area contributed by atoms with Crippen LogP contribution in [0.2, 0.25) is 0 Å². The van der Waals surface area contributed by atoms with Gasteiger partial charge in [-0.15, -0.1) is 0 Å². The van der Waals surface area contributed by atoms with Gasteiger partial charge in [-0.3, -0.25) is 14.9 Å². The fraction of sp³-hybridized carbons (Fsp3) is 0. The number of nitro groups is 1. The van der Waals surface area contributed by atoms with Gasteiger partial charge in [-0.05, 0) is 46.4 Å². The Hall–Kier alpha value is -2.29.